The second-order valence-corrected chi connectivity index (χ2v) is 8.36. The number of alkyl halides is 3. The molecule has 1 fully saturated rings. The quantitative estimate of drug-likeness (QED) is 0.894. The molecule has 138 valence electrons. The van der Waals surface area contributed by atoms with Crippen molar-refractivity contribution in [2.45, 2.75) is 31.6 Å². The van der Waals surface area contributed by atoms with Gasteiger partial charge in [-0.1, -0.05) is 6.07 Å². The number of hydrogen-bond acceptors (Lipinski definition) is 3. The van der Waals surface area contributed by atoms with E-state index in [-0.39, 0.29) is 6.04 Å². The third-order valence-corrected chi connectivity index (χ3v) is 5.75. The SMILES string of the molecule is CS(=O)(=O)N1CCC(Nc2cccc3c2ccn3CC(F)(F)F)CC1. The highest BCUT2D eigenvalue weighted by Crippen LogP contribution is 2.29. The van der Waals surface area contributed by atoms with Crippen molar-refractivity contribution in [3.8, 4) is 0 Å². The maximum atomic E-state index is 12.7. The smallest absolute Gasteiger partial charge is 0.382 e. The summed E-state index contributed by atoms with van der Waals surface area (Å²) in [4.78, 5) is 0. The average molecular weight is 375 g/mol. The van der Waals surface area contributed by atoms with Gasteiger partial charge in [0, 0.05) is 36.4 Å². The molecule has 1 N–H and O–H groups in total. The topological polar surface area (TPSA) is 54.3 Å². The molecule has 1 aliphatic heterocycles. The van der Waals surface area contributed by atoms with Crippen molar-refractivity contribution in [3.63, 3.8) is 0 Å². The Bertz CT molecular complexity index is 853. The standard InChI is InChI=1S/C16H20F3N3O2S/c1-25(23,24)22-9-5-12(6-10-22)20-14-3-2-4-15-13(14)7-8-21(15)11-16(17,18)19/h2-4,7-8,12,20H,5-6,9-11H2,1H3. The Balaban J connectivity index is 1.75. The molecule has 2 aromatic rings. The highest BCUT2D eigenvalue weighted by Gasteiger charge is 2.29. The summed E-state index contributed by atoms with van der Waals surface area (Å²) >= 11 is 0. The van der Waals surface area contributed by atoms with Crippen LogP contribution >= 0.6 is 0 Å². The monoisotopic (exact) mass is 375 g/mol. The Labute approximate surface area is 144 Å². The van der Waals surface area contributed by atoms with Crippen molar-refractivity contribution >= 4 is 26.6 Å². The minimum absolute atomic E-state index is 0.0922. The average Bonchev–Trinajstić information content (AvgIpc) is 2.89. The summed E-state index contributed by atoms with van der Waals surface area (Å²) in [5, 5.41) is 4.09. The van der Waals surface area contributed by atoms with Crippen LogP contribution in [0.1, 0.15) is 12.8 Å². The van der Waals surface area contributed by atoms with Gasteiger partial charge in [-0.3, -0.25) is 0 Å². The van der Waals surface area contributed by atoms with Crippen molar-refractivity contribution in [1.82, 2.24) is 8.87 Å². The normalized spacial score (nSPS) is 17.9. The predicted molar refractivity (Wildman–Crippen MR) is 91.1 cm³/mol. The Kier molecular flexibility index (Phi) is 4.72. The van der Waals surface area contributed by atoms with E-state index in [0.29, 0.717) is 31.4 Å². The molecule has 0 saturated carbocycles. The molecule has 3 rings (SSSR count). The van der Waals surface area contributed by atoms with Crippen LogP contribution in [0, 0.1) is 0 Å². The van der Waals surface area contributed by atoms with Crippen molar-refractivity contribution in [1.29, 1.82) is 0 Å². The van der Waals surface area contributed by atoms with E-state index in [0.717, 1.165) is 11.1 Å². The van der Waals surface area contributed by atoms with Crippen molar-refractivity contribution in [2.24, 2.45) is 0 Å². The van der Waals surface area contributed by atoms with E-state index in [1.807, 2.05) is 6.07 Å². The van der Waals surface area contributed by atoms with Gasteiger partial charge >= 0.3 is 6.18 Å². The number of aromatic nitrogens is 1. The Morgan fingerprint density at radius 2 is 1.88 bits per heavy atom. The van der Waals surface area contributed by atoms with Gasteiger partial charge in [0.25, 0.3) is 0 Å². The van der Waals surface area contributed by atoms with Crippen LogP contribution < -0.4 is 5.32 Å². The Hall–Kier alpha value is -1.74. The number of benzene rings is 1. The number of rotatable bonds is 4. The summed E-state index contributed by atoms with van der Waals surface area (Å²) in [6.45, 7) is -0.129. The number of sulfonamides is 1. The van der Waals surface area contributed by atoms with Crippen molar-refractivity contribution in [2.75, 3.05) is 24.7 Å². The van der Waals surface area contributed by atoms with E-state index >= 15 is 0 Å². The van der Waals surface area contributed by atoms with Gasteiger partial charge in [0.2, 0.25) is 10.0 Å². The van der Waals surface area contributed by atoms with Gasteiger partial charge < -0.3 is 9.88 Å². The lowest BCUT2D eigenvalue weighted by Crippen LogP contribution is -2.41. The fourth-order valence-electron chi connectivity index (χ4n) is 3.23. The molecular weight excluding hydrogens is 355 g/mol. The molecule has 1 aliphatic rings. The third kappa shape index (κ3) is 4.27. The molecular formula is C16H20F3N3O2S. The van der Waals surface area contributed by atoms with E-state index in [9.17, 15) is 21.6 Å². The molecule has 2 heterocycles. The zero-order valence-electron chi connectivity index (χ0n) is 13.8. The third-order valence-electron chi connectivity index (χ3n) is 4.45. The molecule has 0 amide bonds. The molecule has 0 aliphatic carbocycles. The van der Waals surface area contributed by atoms with Gasteiger partial charge in [-0.25, -0.2) is 12.7 Å². The van der Waals surface area contributed by atoms with E-state index in [1.165, 1.54) is 21.3 Å². The number of nitrogens with one attached hydrogen (secondary N) is 1. The maximum absolute atomic E-state index is 12.7. The summed E-state index contributed by atoms with van der Waals surface area (Å²) in [5.41, 5.74) is 1.30. The lowest BCUT2D eigenvalue weighted by Gasteiger charge is -2.31. The number of fused-ring (bicyclic) bond motifs is 1. The first-order valence-electron chi connectivity index (χ1n) is 8.00. The molecule has 25 heavy (non-hydrogen) atoms. The number of hydrogen-bond donors (Lipinski definition) is 1. The number of halogens is 3. The molecule has 0 bridgehead atoms. The van der Waals surface area contributed by atoms with E-state index < -0.39 is 22.7 Å². The van der Waals surface area contributed by atoms with Crippen LogP contribution in [0.4, 0.5) is 18.9 Å². The Morgan fingerprint density at radius 1 is 1.20 bits per heavy atom. The number of piperidine rings is 1. The zero-order chi connectivity index (χ0) is 18.2. The van der Waals surface area contributed by atoms with Crippen LogP contribution in [0.5, 0.6) is 0 Å². The van der Waals surface area contributed by atoms with Crippen molar-refractivity contribution < 1.29 is 21.6 Å². The molecule has 0 unspecified atom stereocenters. The van der Waals surface area contributed by atoms with Crippen LogP contribution in [-0.2, 0) is 16.6 Å². The minimum atomic E-state index is -4.27. The molecule has 0 spiro atoms. The highest BCUT2D eigenvalue weighted by atomic mass is 32.2. The van der Waals surface area contributed by atoms with Gasteiger partial charge in [-0.2, -0.15) is 13.2 Å². The summed E-state index contributed by atoms with van der Waals surface area (Å²) in [7, 11) is -3.18. The van der Waals surface area contributed by atoms with Gasteiger partial charge in [0.15, 0.2) is 0 Å². The van der Waals surface area contributed by atoms with Crippen LogP contribution in [0.3, 0.4) is 0 Å². The second-order valence-electron chi connectivity index (χ2n) is 6.38. The predicted octanol–water partition coefficient (Wildman–Crippen LogP) is 3.04. The van der Waals surface area contributed by atoms with E-state index in [2.05, 4.69) is 5.32 Å². The number of anilines is 1. The molecule has 5 nitrogen and oxygen atoms in total. The summed E-state index contributed by atoms with van der Waals surface area (Å²) in [6, 6.07) is 6.99. The first-order valence-corrected chi connectivity index (χ1v) is 9.84. The van der Waals surface area contributed by atoms with Crippen LogP contribution in [0.2, 0.25) is 0 Å². The van der Waals surface area contributed by atoms with Crippen molar-refractivity contribution in [3.05, 3.63) is 30.5 Å². The molecule has 1 saturated heterocycles. The first-order chi connectivity index (χ1) is 11.6. The second kappa shape index (κ2) is 6.53. The van der Waals surface area contributed by atoms with Gasteiger partial charge in [-0.15, -0.1) is 0 Å². The molecule has 1 aromatic heterocycles. The maximum Gasteiger partial charge on any atom is 0.406 e. The Morgan fingerprint density at radius 3 is 2.48 bits per heavy atom. The van der Waals surface area contributed by atoms with Crippen LogP contribution in [-0.4, -0.2) is 48.9 Å². The number of nitrogens with zero attached hydrogens (tertiary/aromatic N) is 2. The molecule has 9 heteroatoms. The van der Waals surface area contributed by atoms with E-state index in [1.54, 1.807) is 18.2 Å². The fourth-order valence-corrected chi connectivity index (χ4v) is 4.11. The minimum Gasteiger partial charge on any atom is -0.382 e. The molecule has 1 aromatic carbocycles. The molecule has 0 atom stereocenters. The van der Waals surface area contributed by atoms with E-state index in [4.69, 9.17) is 0 Å². The van der Waals surface area contributed by atoms with Gasteiger partial charge in [0.1, 0.15) is 6.54 Å². The first kappa shape index (κ1) is 18.1. The lowest BCUT2D eigenvalue weighted by atomic mass is 10.1. The largest absolute Gasteiger partial charge is 0.406 e. The highest BCUT2D eigenvalue weighted by molar-refractivity contribution is 7.88. The fraction of sp³-hybridized carbons (Fsp3) is 0.500. The summed E-state index contributed by atoms with van der Waals surface area (Å²) in [6.07, 6.45) is -0.312. The van der Waals surface area contributed by atoms with Crippen LogP contribution in [0.15, 0.2) is 30.5 Å². The molecule has 0 radical (unpaired) electrons. The summed E-state index contributed by atoms with van der Waals surface area (Å²) < 4.78 is 63.7. The van der Waals surface area contributed by atoms with Gasteiger partial charge in [-0.05, 0) is 31.0 Å². The van der Waals surface area contributed by atoms with Crippen LogP contribution in [0.25, 0.3) is 10.9 Å². The zero-order valence-corrected chi connectivity index (χ0v) is 14.6. The lowest BCUT2D eigenvalue weighted by molar-refractivity contribution is -0.139. The summed E-state index contributed by atoms with van der Waals surface area (Å²) in [5.74, 6) is 0. The van der Waals surface area contributed by atoms with Gasteiger partial charge in [0.05, 0.1) is 11.8 Å².